The number of nitrogens with one attached hydrogen (secondary N) is 1. The zero-order valence-electron chi connectivity index (χ0n) is 8.83. The second-order valence-electron chi connectivity index (χ2n) is 3.75. The Labute approximate surface area is 88.5 Å². The van der Waals surface area contributed by atoms with E-state index in [0.717, 1.165) is 22.2 Å². The second-order valence-corrected chi connectivity index (χ2v) is 3.75. The van der Waals surface area contributed by atoms with Gasteiger partial charge in [-0.1, -0.05) is 6.07 Å². The maximum absolute atomic E-state index is 7.52. The van der Waals surface area contributed by atoms with Gasteiger partial charge in [-0.05, 0) is 37.6 Å². The number of hydrogen-bond donors (Lipinski definition) is 2. The van der Waals surface area contributed by atoms with Crippen LogP contribution in [0.1, 0.15) is 16.8 Å². The van der Waals surface area contributed by atoms with E-state index < -0.39 is 0 Å². The van der Waals surface area contributed by atoms with Crippen molar-refractivity contribution in [1.82, 2.24) is 4.98 Å². The van der Waals surface area contributed by atoms with E-state index in [4.69, 9.17) is 11.1 Å². The van der Waals surface area contributed by atoms with Crippen LogP contribution >= 0.6 is 0 Å². The lowest BCUT2D eigenvalue weighted by atomic mass is 10.0. The summed E-state index contributed by atoms with van der Waals surface area (Å²) in [6, 6.07) is 7.92. The number of aromatic nitrogens is 1. The molecule has 3 nitrogen and oxygen atoms in total. The normalized spacial score (nSPS) is 10.5. The summed E-state index contributed by atoms with van der Waals surface area (Å²) in [5.41, 5.74) is 9.11. The molecule has 0 aliphatic rings. The first-order chi connectivity index (χ1) is 7.08. The molecule has 0 atom stereocenters. The lowest BCUT2D eigenvalue weighted by Gasteiger charge is -2.06. The van der Waals surface area contributed by atoms with E-state index in [1.165, 1.54) is 0 Å². The zero-order chi connectivity index (χ0) is 11.0. The van der Waals surface area contributed by atoms with Crippen molar-refractivity contribution in [2.24, 2.45) is 5.73 Å². The van der Waals surface area contributed by atoms with Crippen LogP contribution in [0.5, 0.6) is 0 Å². The Hall–Kier alpha value is -1.90. The molecule has 3 N–H and O–H groups in total. The molecule has 0 bridgehead atoms. The summed E-state index contributed by atoms with van der Waals surface area (Å²) >= 11 is 0. The first-order valence-corrected chi connectivity index (χ1v) is 4.80. The predicted octanol–water partition coefficient (Wildman–Crippen LogP) is 2.14. The van der Waals surface area contributed by atoms with Gasteiger partial charge < -0.3 is 5.73 Å². The molecule has 0 radical (unpaired) electrons. The van der Waals surface area contributed by atoms with Crippen LogP contribution < -0.4 is 5.73 Å². The van der Waals surface area contributed by atoms with Crippen molar-refractivity contribution in [2.45, 2.75) is 13.8 Å². The van der Waals surface area contributed by atoms with Gasteiger partial charge in [0.25, 0.3) is 0 Å². The van der Waals surface area contributed by atoms with Gasteiger partial charge in [0, 0.05) is 16.6 Å². The molecule has 0 unspecified atom stereocenters. The fourth-order valence-electron chi connectivity index (χ4n) is 1.69. The van der Waals surface area contributed by atoms with Crippen LogP contribution in [0.3, 0.4) is 0 Å². The summed E-state index contributed by atoms with van der Waals surface area (Å²) in [6.45, 7) is 3.93. The van der Waals surface area contributed by atoms with E-state index >= 15 is 0 Å². The number of amidine groups is 1. The molecule has 1 aromatic heterocycles. The van der Waals surface area contributed by atoms with E-state index in [-0.39, 0.29) is 5.84 Å². The summed E-state index contributed by atoms with van der Waals surface area (Å²) in [5.74, 6) is 0.0711. The van der Waals surface area contributed by atoms with Gasteiger partial charge in [0.05, 0.1) is 5.52 Å². The van der Waals surface area contributed by atoms with Crippen molar-refractivity contribution < 1.29 is 0 Å². The molecule has 0 saturated carbocycles. The van der Waals surface area contributed by atoms with Gasteiger partial charge in [0.15, 0.2) is 0 Å². The van der Waals surface area contributed by atoms with Crippen molar-refractivity contribution >= 4 is 16.7 Å². The molecule has 2 aromatic rings. The van der Waals surface area contributed by atoms with Crippen LogP contribution in [0.15, 0.2) is 24.3 Å². The predicted molar refractivity (Wildman–Crippen MR) is 62.2 cm³/mol. The van der Waals surface area contributed by atoms with E-state index in [1.807, 2.05) is 38.1 Å². The van der Waals surface area contributed by atoms with Gasteiger partial charge >= 0.3 is 0 Å². The topological polar surface area (TPSA) is 62.8 Å². The van der Waals surface area contributed by atoms with Crippen molar-refractivity contribution in [2.75, 3.05) is 0 Å². The lowest BCUT2D eigenvalue weighted by Crippen LogP contribution is -2.12. The molecular weight excluding hydrogens is 186 g/mol. The van der Waals surface area contributed by atoms with Crippen molar-refractivity contribution in [3.05, 3.63) is 41.1 Å². The Bertz CT molecular complexity index is 544. The molecule has 0 aliphatic carbocycles. The van der Waals surface area contributed by atoms with Crippen molar-refractivity contribution in [3.8, 4) is 0 Å². The monoisotopic (exact) mass is 199 g/mol. The number of pyridine rings is 1. The summed E-state index contributed by atoms with van der Waals surface area (Å²) in [6.07, 6.45) is 0. The molecule has 1 aromatic carbocycles. The molecule has 0 aliphatic heterocycles. The molecule has 15 heavy (non-hydrogen) atoms. The minimum Gasteiger partial charge on any atom is -0.384 e. The Morgan fingerprint density at radius 3 is 2.67 bits per heavy atom. The SMILES string of the molecule is Cc1cc(C(=N)N)c2nc(C)ccc2c1. The minimum atomic E-state index is 0.0711. The molecule has 3 heteroatoms. The van der Waals surface area contributed by atoms with Gasteiger partial charge in [-0.25, -0.2) is 0 Å². The van der Waals surface area contributed by atoms with Crippen molar-refractivity contribution in [3.63, 3.8) is 0 Å². The average molecular weight is 199 g/mol. The van der Waals surface area contributed by atoms with Crippen LogP contribution in [-0.4, -0.2) is 10.8 Å². The summed E-state index contributed by atoms with van der Waals surface area (Å²) < 4.78 is 0. The van der Waals surface area contributed by atoms with Crippen LogP contribution in [0, 0.1) is 19.3 Å². The number of nitrogens with two attached hydrogens (primary N) is 1. The fourth-order valence-corrected chi connectivity index (χ4v) is 1.69. The van der Waals surface area contributed by atoms with Crippen LogP contribution in [0.2, 0.25) is 0 Å². The third kappa shape index (κ3) is 1.68. The quantitative estimate of drug-likeness (QED) is 0.546. The number of aryl methyl sites for hydroxylation is 2. The molecule has 0 fully saturated rings. The Morgan fingerprint density at radius 2 is 2.00 bits per heavy atom. The third-order valence-electron chi connectivity index (χ3n) is 2.37. The number of hydrogen-bond acceptors (Lipinski definition) is 2. The summed E-state index contributed by atoms with van der Waals surface area (Å²) in [4.78, 5) is 4.42. The molecule has 0 amide bonds. The molecule has 2 rings (SSSR count). The first-order valence-electron chi connectivity index (χ1n) is 4.80. The summed E-state index contributed by atoms with van der Waals surface area (Å²) in [7, 11) is 0. The highest BCUT2D eigenvalue weighted by Gasteiger charge is 2.06. The largest absolute Gasteiger partial charge is 0.384 e. The highest BCUT2D eigenvalue weighted by molar-refractivity contribution is 6.06. The Balaban J connectivity index is 2.87. The van der Waals surface area contributed by atoms with Gasteiger partial charge in [0.2, 0.25) is 0 Å². The average Bonchev–Trinajstić information content (AvgIpc) is 2.17. The van der Waals surface area contributed by atoms with Gasteiger partial charge in [-0.3, -0.25) is 10.4 Å². The number of rotatable bonds is 1. The number of nitrogen functional groups attached to an aromatic ring is 1. The standard InChI is InChI=1S/C12H13N3/c1-7-5-9-4-3-8(2)15-11(9)10(6-7)12(13)14/h3-6H,1-2H3,(H3,13,14). The number of nitrogens with zero attached hydrogens (tertiary/aromatic N) is 1. The Kier molecular flexibility index (Phi) is 2.15. The molecular formula is C12H13N3. The van der Waals surface area contributed by atoms with Crippen LogP contribution in [-0.2, 0) is 0 Å². The number of benzene rings is 1. The minimum absolute atomic E-state index is 0.0711. The van der Waals surface area contributed by atoms with Crippen LogP contribution in [0.4, 0.5) is 0 Å². The fraction of sp³-hybridized carbons (Fsp3) is 0.167. The number of fused-ring (bicyclic) bond motifs is 1. The Morgan fingerprint density at radius 1 is 1.27 bits per heavy atom. The lowest BCUT2D eigenvalue weighted by molar-refractivity contribution is 1.24. The van der Waals surface area contributed by atoms with E-state index in [1.54, 1.807) is 0 Å². The van der Waals surface area contributed by atoms with Gasteiger partial charge in [-0.2, -0.15) is 0 Å². The smallest absolute Gasteiger partial charge is 0.125 e. The van der Waals surface area contributed by atoms with Crippen molar-refractivity contribution in [1.29, 1.82) is 5.41 Å². The molecule has 0 spiro atoms. The van der Waals surface area contributed by atoms with Gasteiger partial charge in [-0.15, -0.1) is 0 Å². The molecule has 0 saturated heterocycles. The van der Waals surface area contributed by atoms with Crippen LogP contribution in [0.25, 0.3) is 10.9 Å². The van der Waals surface area contributed by atoms with E-state index in [2.05, 4.69) is 4.98 Å². The maximum atomic E-state index is 7.52. The first kappa shape index (κ1) is 9.65. The summed E-state index contributed by atoms with van der Waals surface area (Å²) in [5, 5.41) is 8.56. The highest BCUT2D eigenvalue weighted by Crippen LogP contribution is 2.19. The third-order valence-corrected chi connectivity index (χ3v) is 2.37. The van der Waals surface area contributed by atoms with E-state index in [9.17, 15) is 0 Å². The van der Waals surface area contributed by atoms with Gasteiger partial charge in [0.1, 0.15) is 5.84 Å². The maximum Gasteiger partial charge on any atom is 0.125 e. The molecule has 1 heterocycles. The van der Waals surface area contributed by atoms with E-state index in [0.29, 0.717) is 5.56 Å². The molecule has 76 valence electrons. The highest BCUT2D eigenvalue weighted by atomic mass is 14.7. The second kappa shape index (κ2) is 3.35. The zero-order valence-corrected chi connectivity index (χ0v) is 8.83.